The second-order valence-electron chi connectivity index (χ2n) is 10.2. The minimum Gasteiger partial charge on any atom is -0.480 e. The van der Waals surface area contributed by atoms with E-state index < -0.39 is 35.7 Å². The van der Waals surface area contributed by atoms with Crippen LogP contribution in [0.25, 0.3) is 11.1 Å². The Kier molecular flexibility index (Phi) is 7.65. The van der Waals surface area contributed by atoms with Gasteiger partial charge in [0.2, 0.25) is 5.91 Å². The number of ether oxygens (including phenoxy) is 2. The van der Waals surface area contributed by atoms with E-state index in [0.29, 0.717) is 19.3 Å². The van der Waals surface area contributed by atoms with E-state index in [1.54, 1.807) is 6.92 Å². The molecule has 2 amide bonds. The Labute approximate surface area is 227 Å². The highest BCUT2D eigenvalue weighted by molar-refractivity contribution is 5.92. The summed E-state index contributed by atoms with van der Waals surface area (Å²) >= 11 is 0. The van der Waals surface area contributed by atoms with E-state index in [2.05, 4.69) is 22.8 Å². The lowest BCUT2D eigenvalue weighted by Gasteiger charge is -2.39. The second-order valence-corrected chi connectivity index (χ2v) is 10.2. The van der Waals surface area contributed by atoms with Crippen molar-refractivity contribution in [2.45, 2.75) is 56.4 Å². The zero-order chi connectivity index (χ0) is 27.4. The standard InChI is InChI=1S/C31H32N2O6/c1-20(38-18-21-10-3-2-4-11-21)27(28(34)33-31(29(35)36)16-9-17-31)32-30(37)39-19-26-24-14-7-5-12-22(24)23-13-6-8-15-25(23)26/h2-8,10-15,20,26-27H,9,16-19H2,1H3,(H,32,37)(H,33,34)(H,35,36)/t20-,27+/m0/s1. The highest BCUT2D eigenvalue weighted by Gasteiger charge is 2.47. The highest BCUT2D eigenvalue weighted by atomic mass is 16.5. The lowest BCUT2D eigenvalue weighted by atomic mass is 9.76. The van der Waals surface area contributed by atoms with E-state index in [1.165, 1.54) is 0 Å². The SMILES string of the molecule is C[C@H](OCc1ccccc1)[C@@H](NC(=O)OCC1c2ccccc2-c2ccccc21)C(=O)NC1(C(=O)O)CCC1. The predicted molar refractivity (Wildman–Crippen MR) is 145 cm³/mol. The summed E-state index contributed by atoms with van der Waals surface area (Å²) in [6, 6.07) is 24.4. The zero-order valence-electron chi connectivity index (χ0n) is 21.8. The highest BCUT2D eigenvalue weighted by Crippen LogP contribution is 2.44. The maximum absolute atomic E-state index is 13.3. The van der Waals surface area contributed by atoms with Gasteiger partial charge < -0.3 is 25.2 Å². The molecule has 0 aromatic heterocycles. The van der Waals surface area contributed by atoms with Crippen LogP contribution in [-0.2, 0) is 25.7 Å². The summed E-state index contributed by atoms with van der Waals surface area (Å²) in [7, 11) is 0. The number of aliphatic carboxylic acids is 1. The smallest absolute Gasteiger partial charge is 0.407 e. The number of carboxylic acids is 1. The molecule has 8 heteroatoms. The number of carboxylic acid groups (broad SMARTS) is 1. The van der Waals surface area contributed by atoms with Crippen LogP contribution >= 0.6 is 0 Å². The molecular formula is C31H32N2O6. The summed E-state index contributed by atoms with van der Waals surface area (Å²) < 4.78 is 11.6. The van der Waals surface area contributed by atoms with Gasteiger partial charge in [0.15, 0.2) is 0 Å². The van der Waals surface area contributed by atoms with E-state index >= 15 is 0 Å². The van der Waals surface area contributed by atoms with Gasteiger partial charge in [0, 0.05) is 5.92 Å². The first kappa shape index (κ1) is 26.4. The number of hydrogen-bond donors (Lipinski definition) is 3. The van der Waals surface area contributed by atoms with Crippen LogP contribution < -0.4 is 10.6 Å². The topological polar surface area (TPSA) is 114 Å². The van der Waals surface area contributed by atoms with Crippen LogP contribution in [0.5, 0.6) is 0 Å². The molecule has 39 heavy (non-hydrogen) atoms. The first-order valence-corrected chi connectivity index (χ1v) is 13.2. The molecular weight excluding hydrogens is 496 g/mol. The molecule has 3 N–H and O–H groups in total. The van der Waals surface area contributed by atoms with Crippen molar-refractivity contribution in [3.63, 3.8) is 0 Å². The number of fused-ring (bicyclic) bond motifs is 3. The Morgan fingerprint density at radius 1 is 0.923 bits per heavy atom. The van der Waals surface area contributed by atoms with Gasteiger partial charge in [-0.15, -0.1) is 0 Å². The fourth-order valence-corrected chi connectivity index (χ4v) is 5.30. The van der Waals surface area contributed by atoms with Gasteiger partial charge in [0.05, 0.1) is 12.7 Å². The normalized spacial score (nSPS) is 16.6. The molecule has 0 saturated heterocycles. The molecule has 3 aromatic rings. The van der Waals surface area contributed by atoms with Crippen molar-refractivity contribution in [1.29, 1.82) is 0 Å². The number of carbonyl (C=O) groups is 3. The molecule has 5 rings (SSSR count). The molecule has 0 aliphatic heterocycles. The third kappa shape index (κ3) is 5.52. The number of carbonyl (C=O) groups excluding carboxylic acids is 2. The fourth-order valence-electron chi connectivity index (χ4n) is 5.30. The molecule has 0 heterocycles. The van der Waals surface area contributed by atoms with Crippen LogP contribution in [0.2, 0.25) is 0 Å². The molecule has 0 spiro atoms. The van der Waals surface area contributed by atoms with Crippen molar-refractivity contribution in [1.82, 2.24) is 10.6 Å². The minimum absolute atomic E-state index is 0.0898. The van der Waals surface area contributed by atoms with Crippen molar-refractivity contribution >= 4 is 18.0 Å². The summed E-state index contributed by atoms with van der Waals surface area (Å²) in [5.41, 5.74) is 3.97. The third-order valence-electron chi connectivity index (χ3n) is 7.70. The third-order valence-corrected chi connectivity index (χ3v) is 7.70. The van der Waals surface area contributed by atoms with E-state index in [-0.39, 0.29) is 19.1 Å². The van der Waals surface area contributed by atoms with E-state index in [4.69, 9.17) is 9.47 Å². The monoisotopic (exact) mass is 528 g/mol. The van der Waals surface area contributed by atoms with Crippen LogP contribution in [0.4, 0.5) is 4.79 Å². The van der Waals surface area contributed by atoms with Gasteiger partial charge in [-0.3, -0.25) is 4.79 Å². The van der Waals surface area contributed by atoms with E-state index in [1.807, 2.05) is 66.7 Å². The Morgan fingerprint density at radius 2 is 1.51 bits per heavy atom. The molecule has 1 saturated carbocycles. The zero-order valence-corrected chi connectivity index (χ0v) is 21.8. The first-order chi connectivity index (χ1) is 18.9. The summed E-state index contributed by atoms with van der Waals surface area (Å²) in [4.78, 5) is 38.2. The van der Waals surface area contributed by atoms with Gasteiger partial charge in [0.25, 0.3) is 0 Å². The van der Waals surface area contributed by atoms with Gasteiger partial charge in [-0.25, -0.2) is 9.59 Å². The minimum atomic E-state index is -1.32. The van der Waals surface area contributed by atoms with Gasteiger partial charge in [-0.2, -0.15) is 0 Å². The molecule has 8 nitrogen and oxygen atoms in total. The van der Waals surface area contributed by atoms with Gasteiger partial charge in [-0.05, 0) is 54.0 Å². The Morgan fingerprint density at radius 3 is 2.08 bits per heavy atom. The van der Waals surface area contributed by atoms with Crippen LogP contribution in [-0.4, -0.2) is 47.4 Å². The Hall–Kier alpha value is -4.17. The van der Waals surface area contributed by atoms with Crippen molar-refractivity contribution in [2.24, 2.45) is 0 Å². The molecule has 202 valence electrons. The number of benzene rings is 3. The molecule has 2 aliphatic rings. The fraction of sp³-hybridized carbons (Fsp3) is 0.323. The number of rotatable bonds is 10. The van der Waals surface area contributed by atoms with Crippen molar-refractivity contribution in [2.75, 3.05) is 6.61 Å². The molecule has 0 bridgehead atoms. The number of hydrogen-bond acceptors (Lipinski definition) is 5. The number of nitrogens with one attached hydrogen (secondary N) is 2. The molecule has 3 aromatic carbocycles. The molecule has 2 aliphatic carbocycles. The lowest BCUT2D eigenvalue weighted by Crippen LogP contribution is -2.64. The Balaban J connectivity index is 1.28. The number of amides is 2. The lowest BCUT2D eigenvalue weighted by molar-refractivity contribution is -0.152. The first-order valence-electron chi connectivity index (χ1n) is 13.2. The summed E-state index contributed by atoms with van der Waals surface area (Å²) in [6.07, 6.45) is -0.144. The van der Waals surface area contributed by atoms with E-state index in [9.17, 15) is 19.5 Å². The summed E-state index contributed by atoms with van der Waals surface area (Å²) in [6.45, 7) is 1.99. The maximum atomic E-state index is 13.3. The van der Waals surface area contributed by atoms with E-state index in [0.717, 1.165) is 27.8 Å². The molecule has 2 atom stereocenters. The average molecular weight is 529 g/mol. The van der Waals surface area contributed by atoms with Crippen molar-refractivity contribution in [3.05, 3.63) is 95.6 Å². The largest absolute Gasteiger partial charge is 0.480 e. The average Bonchev–Trinajstić information content (AvgIpc) is 3.25. The van der Waals surface area contributed by atoms with Crippen molar-refractivity contribution < 1.29 is 29.0 Å². The second kappa shape index (κ2) is 11.3. The van der Waals surface area contributed by atoms with Crippen LogP contribution in [0.3, 0.4) is 0 Å². The van der Waals surface area contributed by atoms with Gasteiger partial charge in [-0.1, -0.05) is 78.9 Å². The van der Waals surface area contributed by atoms with Gasteiger partial charge >= 0.3 is 12.1 Å². The molecule has 0 radical (unpaired) electrons. The summed E-state index contributed by atoms with van der Waals surface area (Å²) in [5.74, 6) is -1.83. The maximum Gasteiger partial charge on any atom is 0.407 e. The quantitative estimate of drug-likeness (QED) is 0.354. The molecule has 1 fully saturated rings. The molecule has 0 unspecified atom stereocenters. The van der Waals surface area contributed by atoms with Crippen molar-refractivity contribution in [3.8, 4) is 11.1 Å². The number of alkyl carbamates (subject to hydrolysis) is 1. The van der Waals surface area contributed by atoms with Crippen LogP contribution in [0, 0.1) is 0 Å². The predicted octanol–water partition coefficient (Wildman–Crippen LogP) is 4.62. The van der Waals surface area contributed by atoms with Crippen LogP contribution in [0.15, 0.2) is 78.9 Å². The van der Waals surface area contributed by atoms with Crippen LogP contribution in [0.1, 0.15) is 48.8 Å². The summed E-state index contributed by atoms with van der Waals surface area (Å²) in [5, 5.41) is 15.0. The Bertz CT molecular complexity index is 1310. The van der Waals surface area contributed by atoms with Gasteiger partial charge in [0.1, 0.15) is 18.2 Å².